The van der Waals surface area contributed by atoms with Crippen LogP contribution in [-0.4, -0.2) is 18.9 Å². The van der Waals surface area contributed by atoms with Gasteiger partial charge in [-0.1, -0.05) is 0 Å². The molecule has 0 aliphatic rings. The predicted octanol–water partition coefficient (Wildman–Crippen LogP) is 0.386. The fourth-order valence-corrected chi connectivity index (χ4v) is 0. The Kier molecular flexibility index (Phi) is 127. The van der Waals surface area contributed by atoms with E-state index in [4.69, 9.17) is 9.05 Å². The molecule has 6 heteroatoms. The van der Waals surface area contributed by atoms with Crippen LogP contribution in [0.25, 0.3) is 0 Å². The van der Waals surface area contributed by atoms with E-state index in [9.17, 15) is 0 Å². The molecule has 0 spiro atoms. The molecular weight excluding hydrogens is 298 g/mol. The van der Waals surface area contributed by atoms with E-state index in [1.165, 1.54) is 5.15 Å². The average molecular weight is 298 g/mol. The standard InChI is InChI=1S/F2O.Fe.Li.Ta/c1-3-2;;;. The second-order valence-corrected chi connectivity index (χ2v) is 0.0583. The SMILES string of the molecule is FOF.[Fe].[Li].[Ta]. The van der Waals surface area contributed by atoms with Crippen LogP contribution in [0.1, 0.15) is 0 Å². The minimum atomic E-state index is 0. The Bertz CT molecular complexity index is 13.5. The molecule has 0 fully saturated rings. The molecule has 0 unspecified atom stereocenters. The molecule has 0 saturated heterocycles. The molecule has 0 rings (SSSR count). The van der Waals surface area contributed by atoms with Gasteiger partial charge in [-0.2, -0.15) is 0 Å². The molecule has 0 aromatic rings. The van der Waals surface area contributed by atoms with Gasteiger partial charge in [0.15, 0.2) is 0 Å². The molecule has 0 aliphatic carbocycles. The zero-order chi connectivity index (χ0) is 2.71. The van der Waals surface area contributed by atoms with Crippen LogP contribution in [-0.2, 0) is 44.6 Å². The summed E-state index contributed by atoms with van der Waals surface area (Å²) in [5, 5.41) is 1.25. The minimum absolute atomic E-state index is 0. The molecule has 0 bridgehead atoms. The number of hydrogen-bond acceptors (Lipinski definition) is 1. The van der Waals surface area contributed by atoms with Gasteiger partial charge in [0.2, 0.25) is 0 Å². The van der Waals surface area contributed by atoms with Crippen LogP contribution in [0.4, 0.5) is 9.05 Å². The van der Waals surface area contributed by atoms with Crippen LogP contribution in [0.5, 0.6) is 0 Å². The van der Waals surface area contributed by atoms with Gasteiger partial charge in [0.25, 0.3) is 0 Å². The summed E-state index contributed by atoms with van der Waals surface area (Å²) in [6.07, 6.45) is 0. The van der Waals surface area contributed by atoms with Crippen LogP contribution >= 0.6 is 0 Å². The summed E-state index contributed by atoms with van der Waals surface area (Å²) < 4.78 is 18.2. The molecule has 0 N–H and O–H groups in total. The molecule has 0 aromatic carbocycles. The van der Waals surface area contributed by atoms with Crippen molar-refractivity contribution in [3.05, 3.63) is 0 Å². The van der Waals surface area contributed by atoms with E-state index in [0.29, 0.717) is 0 Å². The van der Waals surface area contributed by atoms with Crippen molar-refractivity contribution < 1.29 is 53.6 Å². The summed E-state index contributed by atoms with van der Waals surface area (Å²) in [6.45, 7) is 0. The van der Waals surface area contributed by atoms with Crippen molar-refractivity contribution in [2.24, 2.45) is 0 Å². The Balaban J connectivity index is -0.00000000667. The van der Waals surface area contributed by atoms with E-state index in [2.05, 4.69) is 0 Å². The zero-order valence-electron chi connectivity index (χ0n) is 2.96. The first kappa shape index (κ1) is 25.3. The van der Waals surface area contributed by atoms with Crippen LogP contribution < -0.4 is 0 Å². The summed E-state index contributed by atoms with van der Waals surface area (Å²) in [5.41, 5.74) is 0. The summed E-state index contributed by atoms with van der Waals surface area (Å²) in [6, 6.07) is 0. The number of hydrogen-bond donors (Lipinski definition) is 0. The van der Waals surface area contributed by atoms with Crippen LogP contribution in [0.3, 0.4) is 0 Å². The Morgan fingerprint density at radius 3 is 1.17 bits per heavy atom. The van der Waals surface area contributed by atoms with Gasteiger partial charge in [-0.25, -0.2) is 0 Å². The monoisotopic (exact) mass is 298 g/mol. The Morgan fingerprint density at radius 2 is 1.17 bits per heavy atom. The normalized spacial score (nSPS) is 3.00. The molecule has 1 nitrogen and oxygen atoms in total. The van der Waals surface area contributed by atoms with Crippen molar-refractivity contribution in [3.8, 4) is 0 Å². The van der Waals surface area contributed by atoms with Gasteiger partial charge < -0.3 is 0 Å². The van der Waals surface area contributed by atoms with Crippen LogP contribution in [0.15, 0.2) is 0 Å². The third-order valence-electron chi connectivity index (χ3n) is 0. The molecule has 2 radical (unpaired) electrons. The summed E-state index contributed by atoms with van der Waals surface area (Å²) >= 11 is 0. The smallest absolute Gasteiger partial charge is 0.0104 e. The van der Waals surface area contributed by atoms with Gasteiger partial charge in [-0.05, 0) is 9.05 Å². The molecule has 0 heterocycles. The number of halogens is 2. The van der Waals surface area contributed by atoms with Crippen LogP contribution in [0.2, 0.25) is 0 Å². The van der Waals surface area contributed by atoms with E-state index in [1.54, 1.807) is 0 Å². The second-order valence-electron chi connectivity index (χ2n) is 0.0583. The first-order valence-corrected chi connectivity index (χ1v) is 0.309. The zero-order valence-corrected chi connectivity index (χ0v) is 7.28. The molecule has 0 amide bonds. The Labute approximate surface area is 72.1 Å². The molecule has 0 saturated carbocycles. The fraction of sp³-hybridized carbons (Fsp3) is 0. The van der Waals surface area contributed by atoms with Crippen molar-refractivity contribution in [1.29, 1.82) is 0 Å². The maximum atomic E-state index is 9.12. The van der Waals surface area contributed by atoms with E-state index in [-0.39, 0.29) is 58.3 Å². The van der Waals surface area contributed by atoms with E-state index >= 15 is 0 Å². The topological polar surface area (TPSA) is 9.23 Å². The Hall–Kier alpha value is 1.68. The maximum Gasteiger partial charge on any atom is 0.0209 e. The van der Waals surface area contributed by atoms with E-state index in [0.717, 1.165) is 0 Å². The van der Waals surface area contributed by atoms with Gasteiger partial charge in [-0.15, -0.1) is 0 Å². The van der Waals surface area contributed by atoms with E-state index < -0.39 is 0 Å². The van der Waals surface area contributed by atoms with Crippen molar-refractivity contribution in [2.45, 2.75) is 0 Å². The molecule has 0 aliphatic heterocycles. The molecular formula is F2FeLiOTa. The summed E-state index contributed by atoms with van der Waals surface area (Å²) in [4.78, 5) is 0. The first-order valence-electron chi connectivity index (χ1n) is 0.309. The van der Waals surface area contributed by atoms with Gasteiger partial charge in [0.05, 0.1) is 0 Å². The van der Waals surface area contributed by atoms with Crippen molar-refractivity contribution >= 4 is 18.9 Å². The molecule has 6 heavy (non-hydrogen) atoms. The van der Waals surface area contributed by atoms with E-state index in [1.807, 2.05) is 0 Å². The summed E-state index contributed by atoms with van der Waals surface area (Å²) in [7, 11) is 0. The maximum absolute atomic E-state index is 9.12. The van der Waals surface area contributed by atoms with Crippen molar-refractivity contribution in [2.75, 3.05) is 0 Å². The van der Waals surface area contributed by atoms with Crippen molar-refractivity contribution in [3.63, 3.8) is 0 Å². The summed E-state index contributed by atoms with van der Waals surface area (Å²) in [5.74, 6) is 0. The third kappa shape index (κ3) is 44.2. The molecule has 0 aromatic heterocycles. The average Bonchev–Trinajstić information content (AvgIpc) is 0.918. The third-order valence-corrected chi connectivity index (χ3v) is 0. The Morgan fingerprint density at radius 1 is 1.17 bits per heavy atom. The molecule has 34 valence electrons. The van der Waals surface area contributed by atoms with Gasteiger partial charge in [0.1, 0.15) is 0 Å². The largest absolute Gasteiger partial charge is 0.0209 e. The van der Waals surface area contributed by atoms with Gasteiger partial charge >= 0.3 is 0 Å². The molecule has 0 atom stereocenters. The predicted molar refractivity (Wildman–Crippen MR) is 9.05 cm³/mol. The first-order chi connectivity index (χ1) is 1.41. The minimum Gasteiger partial charge on any atom is -0.0104 e. The van der Waals surface area contributed by atoms with Crippen molar-refractivity contribution in [1.82, 2.24) is 0 Å². The second kappa shape index (κ2) is 30.0. The quantitative estimate of drug-likeness (QED) is 0.588. The van der Waals surface area contributed by atoms with Gasteiger partial charge in [0, 0.05) is 63.5 Å². The number of rotatable bonds is 0. The van der Waals surface area contributed by atoms with Gasteiger partial charge in [-0.3, -0.25) is 0 Å². The van der Waals surface area contributed by atoms with Crippen LogP contribution in [0, 0.1) is 0 Å². The fourth-order valence-electron chi connectivity index (χ4n) is 0.